The molecule has 158 valence electrons. The molecule has 7 heteroatoms. The number of carbonyl (C=O) groups excluding carboxylic acids is 2. The van der Waals surface area contributed by atoms with Crippen LogP contribution in [0.15, 0.2) is 18.2 Å². The molecule has 1 saturated heterocycles. The zero-order valence-electron chi connectivity index (χ0n) is 17.6. The molecule has 1 fully saturated rings. The topological polar surface area (TPSA) is 91.7 Å². The number of nitriles is 1. The van der Waals surface area contributed by atoms with Gasteiger partial charge in [-0.25, -0.2) is 0 Å². The molecule has 1 heterocycles. The second-order valence-corrected chi connectivity index (χ2v) is 7.75. The normalized spacial score (nSPS) is 14.4. The van der Waals surface area contributed by atoms with E-state index in [4.69, 9.17) is 14.7 Å². The molecule has 0 spiro atoms. The maximum absolute atomic E-state index is 12.2. The Morgan fingerprint density at radius 1 is 1.28 bits per heavy atom. The number of benzene rings is 1. The fourth-order valence-electron chi connectivity index (χ4n) is 3.32. The van der Waals surface area contributed by atoms with Gasteiger partial charge in [-0.1, -0.05) is 13.8 Å². The number of nitrogens with zero attached hydrogens (tertiary/aromatic N) is 2. The number of likely N-dealkylation sites (tertiary alicyclic amines) is 1. The number of hydrogen-bond acceptors (Lipinski definition) is 5. The Kier molecular flexibility index (Phi) is 8.78. The van der Waals surface area contributed by atoms with Gasteiger partial charge >= 0.3 is 0 Å². The molecule has 0 aromatic heterocycles. The molecule has 1 aromatic carbocycles. The van der Waals surface area contributed by atoms with Crippen molar-refractivity contribution in [2.75, 3.05) is 26.8 Å². The molecule has 0 aliphatic carbocycles. The molecule has 0 radical (unpaired) electrons. The molecule has 7 nitrogen and oxygen atoms in total. The van der Waals surface area contributed by atoms with Crippen LogP contribution in [0.2, 0.25) is 0 Å². The first-order chi connectivity index (χ1) is 13.9. The van der Waals surface area contributed by atoms with Gasteiger partial charge in [-0.2, -0.15) is 5.26 Å². The van der Waals surface area contributed by atoms with E-state index in [2.05, 4.69) is 11.4 Å². The third-order valence-electron chi connectivity index (χ3n) is 4.89. The fraction of sp³-hybridized carbons (Fsp3) is 0.591. The number of ether oxygens (including phenoxy) is 2. The van der Waals surface area contributed by atoms with Gasteiger partial charge in [0, 0.05) is 38.0 Å². The minimum absolute atomic E-state index is 0.00681. The monoisotopic (exact) mass is 401 g/mol. The minimum atomic E-state index is 0.00681. The number of nitrogens with one attached hydrogen (secondary N) is 1. The number of piperidine rings is 1. The number of methoxy groups -OCH3 is 1. The Balaban J connectivity index is 1.66. The maximum atomic E-state index is 12.2. The van der Waals surface area contributed by atoms with Crippen molar-refractivity contribution < 1.29 is 19.1 Å². The van der Waals surface area contributed by atoms with Crippen molar-refractivity contribution in [2.24, 2.45) is 5.92 Å². The summed E-state index contributed by atoms with van der Waals surface area (Å²) in [5, 5.41) is 12.0. The molecule has 0 unspecified atom stereocenters. The lowest BCUT2D eigenvalue weighted by molar-refractivity contribution is -0.133. The van der Waals surface area contributed by atoms with E-state index >= 15 is 0 Å². The molecule has 29 heavy (non-hydrogen) atoms. The highest BCUT2D eigenvalue weighted by Crippen LogP contribution is 2.28. The van der Waals surface area contributed by atoms with E-state index in [1.165, 1.54) is 7.11 Å². The Labute approximate surface area is 173 Å². The standard InChI is InChI=1S/C22H31N3O4/c1-16(2)13-22(27)25-10-8-18(9-11-25)24-21(26)5-4-12-29-19-7-6-17(15-23)14-20(19)28-3/h6-7,14,16,18H,4-5,8-13H2,1-3H3,(H,24,26). The van der Waals surface area contributed by atoms with Gasteiger partial charge in [0.05, 0.1) is 25.3 Å². The van der Waals surface area contributed by atoms with E-state index in [1.54, 1.807) is 18.2 Å². The third-order valence-corrected chi connectivity index (χ3v) is 4.89. The minimum Gasteiger partial charge on any atom is -0.493 e. The predicted octanol–water partition coefficient (Wildman–Crippen LogP) is 2.88. The number of amides is 2. The van der Waals surface area contributed by atoms with Crippen LogP contribution in [-0.2, 0) is 9.59 Å². The van der Waals surface area contributed by atoms with Crippen LogP contribution in [0.3, 0.4) is 0 Å². The average Bonchev–Trinajstić information content (AvgIpc) is 2.71. The molecule has 0 saturated carbocycles. The zero-order valence-corrected chi connectivity index (χ0v) is 17.6. The van der Waals surface area contributed by atoms with Crippen LogP contribution >= 0.6 is 0 Å². The van der Waals surface area contributed by atoms with Crippen LogP contribution in [0.5, 0.6) is 11.5 Å². The van der Waals surface area contributed by atoms with Gasteiger partial charge in [-0.15, -0.1) is 0 Å². The Hall–Kier alpha value is -2.75. The summed E-state index contributed by atoms with van der Waals surface area (Å²) in [6, 6.07) is 7.18. The van der Waals surface area contributed by atoms with E-state index < -0.39 is 0 Å². The largest absolute Gasteiger partial charge is 0.493 e. The summed E-state index contributed by atoms with van der Waals surface area (Å²) in [6.45, 7) is 5.89. The zero-order chi connectivity index (χ0) is 21.2. The van der Waals surface area contributed by atoms with Gasteiger partial charge in [0.15, 0.2) is 11.5 Å². The SMILES string of the molecule is COc1cc(C#N)ccc1OCCCC(=O)NC1CCN(C(=O)CC(C)C)CC1. The predicted molar refractivity (Wildman–Crippen MR) is 110 cm³/mol. The molecule has 1 N–H and O–H groups in total. The van der Waals surface area contributed by atoms with Gasteiger partial charge < -0.3 is 19.7 Å². The molecular weight excluding hydrogens is 370 g/mol. The lowest BCUT2D eigenvalue weighted by atomic mass is 10.0. The first kappa shape index (κ1) is 22.5. The summed E-state index contributed by atoms with van der Waals surface area (Å²) < 4.78 is 10.9. The Bertz CT molecular complexity index is 734. The maximum Gasteiger partial charge on any atom is 0.222 e. The van der Waals surface area contributed by atoms with E-state index in [0.717, 1.165) is 12.8 Å². The van der Waals surface area contributed by atoms with Crippen LogP contribution < -0.4 is 14.8 Å². The average molecular weight is 402 g/mol. The van der Waals surface area contributed by atoms with Crippen LogP contribution in [0, 0.1) is 17.2 Å². The van der Waals surface area contributed by atoms with E-state index in [0.29, 0.717) is 61.9 Å². The van der Waals surface area contributed by atoms with Gasteiger partial charge in [0.2, 0.25) is 11.8 Å². The summed E-state index contributed by atoms with van der Waals surface area (Å²) in [4.78, 5) is 26.2. The van der Waals surface area contributed by atoms with Crippen LogP contribution in [0.4, 0.5) is 0 Å². The second-order valence-electron chi connectivity index (χ2n) is 7.75. The molecule has 0 bridgehead atoms. The number of rotatable bonds is 9. The summed E-state index contributed by atoms with van der Waals surface area (Å²) in [6.07, 6.45) is 3.15. The van der Waals surface area contributed by atoms with Gasteiger partial charge in [0.1, 0.15) is 0 Å². The summed E-state index contributed by atoms with van der Waals surface area (Å²) >= 11 is 0. The van der Waals surface area contributed by atoms with Gasteiger partial charge in [0.25, 0.3) is 0 Å². The van der Waals surface area contributed by atoms with E-state index in [-0.39, 0.29) is 17.9 Å². The number of hydrogen-bond donors (Lipinski definition) is 1. The van der Waals surface area contributed by atoms with Gasteiger partial charge in [-0.05, 0) is 37.3 Å². The third kappa shape index (κ3) is 7.30. The Morgan fingerprint density at radius 3 is 2.62 bits per heavy atom. The van der Waals surface area contributed by atoms with Crippen molar-refractivity contribution in [3.05, 3.63) is 23.8 Å². The number of carbonyl (C=O) groups is 2. The fourth-order valence-corrected chi connectivity index (χ4v) is 3.32. The van der Waals surface area contributed by atoms with Crippen molar-refractivity contribution >= 4 is 11.8 Å². The van der Waals surface area contributed by atoms with Gasteiger partial charge in [-0.3, -0.25) is 9.59 Å². The molecule has 1 aromatic rings. The second kappa shape index (κ2) is 11.3. The van der Waals surface area contributed by atoms with Crippen molar-refractivity contribution in [3.8, 4) is 17.6 Å². The first-order valence-corrected chi connectivity index (χ1v) is 10.2. The Morgan fingerprint density at radius 2 is 2.00 bits per heavy atom. The highest BCUT2D eigenvalue weighted by molar-refractivity contribution is 5.77. The quantitative estimate of drug-likeness (QED) is 0.643. The van der Waals surface area contributed by atoms with E-state index in [1.807, 2.05) is 18.7 Å². The molecule has 0 atom stereocenters. The van der Waals surface area contributed by atoms with Crippen LogP contribution in [0.1, 0.15) is 51.5 Å². The summed E-state index contributed by atoms with van der Waals surface area (Å²) in [5.41, 5.74) is 0.505. The molecule has 1 aliphatic rings. The summed E-state index contributed by atoms with van der Waals surface area (Å²) in [5.74, 6) is 1.65. The highest BCUT2D eigenvalue weighted by atomic mass is 16.5. The highest BCUT2D eigenvalue weighted by Gasteiger charge is 2.23. The van der Waals surface area contributed by atoms with E-state index in [9.17, 15) is 9.59 Å². The van der Waals surface area contributed by atoms with Crippen molar-refractivity contribution in [1.82, 2.24) is 10.2 Å². The van der Waals surface area contributed by atoms with Crippen molar-refractivity contribution in [1.29, 1.82) is 5.26 Å². The molecule has 2 rings (SSSR count). The molecule has 1 aliphatic heterocycles. The lowest BCUT2D eigenvalue weighted by Crippen LogP contribution is -2.46. The lowest BCUT2D eigenvalue weighted by Gasteiger charge is -2.32. The first-order valence-electron chi connectivity index (χ1n) is 10.2. The van der Waals surface area contributed by atoms with Crippen LogP contribution in [0.25, 0.3) is 0 Å². The summed E-state index contributed by atoms with van der Waals surface area (Å²) in [7, 11) is 1.53. The van der Waals surface area contributed by atoms with Crippen LogP contribution in [-0.4, -0.2) is 49.6 Å². The van der Waals surface area contributed by atoms with Crippen molar-refractivity contribution in [2.45, 2.75) is 52.0 Å². The smallest absolute Gasteiger partial charge is 0.222 e. The molecular formula is C22H31N3O4. The van der Waals surface area contributed by atoms with Crippen molar-refractivity contribution in [3.63, 3.8) is 0 Å². The molecule has 2 amide bonds.